The SMILES string of the molecule is CCCCOCC(O)CC1(C(=O)O)CCCC(C)C1. The van der Waals surface area contributed by atoms with Gasteiger partial charge in [-0.25, -0.2) is 0 Å². The van der Waals surface area contributed by atoms with Crippen molar-refractivity contribution in [1.29, 1.82) is 0 Å². The van der Waals surface area contributed by atoms with Gasteiger partial charge in [0.25, 0.3) is 0 Å². The Balaban J connectivity index is 2.46. The van der Waals surface area contributed by atoms with E-state index in [0.717, 1.165) is 25.7 Å². The van der Waals surface area contributed by atoms with E-state index in [1.165, 1.54) is 0 Å². The molecular formula is C15H28O4. The second kappa shape index (κ2) is 7.85. The summed E-state index contributed by atoms with van der Waals surface area (Å²) in [7, 11) is 0. The molecule has 4 nitrogen and oxygen atoms in total. The Bertz CT molecular complexity index is 279. The van der Waals surface area contributed by atoms with Crippen molar-refractivity contribution in [2.45, 2.75) is 64.9 Å². The minimum absolute atomic E-state index is 0.253. The summed E-state index contributed by atoms with van der Waals surface area (Å²) < 4.78 is 5.39. The third-order valence-corrected chi connectivity index (χ3v) is 4.12. The van der Waals surface area contributed by atoms with Crippen LogP contribution < -0.4 is 0 Å². The quantitative estimate of drug-likeness (QED) is 0.667. The van der Waals surface area contributed by atoms with Crippen LogP contribution >= 0.6 is 0 Å². The normalized spacial score (nSPS) is 29.1. The van der Waals surface area contributed by atoms with Crippen molar-refractivity contribution in [1.82, 2.24) is 0 Å². The molecule has 19 heavy (non-hydrogen) atoms. The van der Waals surface area contributed by atoms with Gasteiger partial charge in [0.15, 0.2) is 0 Å². The van der Waals surface area contributed by atoms with Crippen LogP contribution in [0.4, 0.5) is 0 Å². The highest BCUT2D eigenvalue weighted by Crippen LogP contribution is 2.43. The van der Waals surface area contributed by atoms with Crippen molar-refractivity contribution in [2.24, 2.45) is 11.3 Å². The van der Waals surface area contributed by atoms with Gasteiger partial charge in [0, 0.05) is 6.61 Å². The van der Waals surface area contributed by atoms with Crippen molar-refractivity contribution < 1.29 is 19.7 Å². The maximum Gasteiger partial charge on any atom is 0.309 e. The average Bonchev–Trinajstić information content (AvgIpc) is 2.34. The lowest BCUT2D eigenvalue weighted by atomic mass is 9.67. The van der Waals surface area contributed by atoms with Crippen LogP contribution in [-0.2, 0) is 9.53 Å². The van der Waals surface area contributed by atoms with E-state index < -0.39 is 17.5 Å². The highest BCUT2D eigenvalue weighted by atomic mass is 16.5. The number of aliphatic hydroxyl groups excluding tert-OH is 1. The number of aliphatic hydroxyl groups is 1. The van der Waals surface area contributed by atoms with Crippen molar-refractivity contribution in [3.63, 3.8) is 0 Å². The first-order valence-corrected chi connectivity index (χ1v) is 7.49. The van der Waals surface area contributed by atoms with Gasteiger partial charge in [-0.1, -0.05) is 33.1 Å². The van der Waals surface area contributed by atoms with Gasteiger partial charge in [0.1, 0.15) is 0 Å². The molecule has 3 atom stereocenters. The number of carbonyl (C=O) groups is 1. The van der Waals surface area contributed by atoms with Crippen molar-refractivity contribution in [2.75, 3.05) is 13.2 Å². The molecule has 0 aromatic heterocycles. The van der Waals surface area contributed by atoms with Gasteiger partial charge < -0.3 is 14.9 Å². The largest absolute Gasteiger partial charge is 0.481 e. The highest BCUT2D eigenvalue weighted by molar-refractivity contribution is 5.74. The molecule has 0 amide bonds. The lowest BCUT2D eigenvalue weighted by Gasteiger charge is -2.37. The monoisotopic (exact) mass is 272 g/mol. The Morgan fingerprint density at radius 3 is 2.84 bits per heavy atom. The molecule has 2 N–H and O–H groups in total. The maximum absolute atomic E-state index is 11.6. The van der Waals surface area contributed by atoms with Crippen LogP contribution in [-0.4, -0.2) is 35.5 Å². The van der Waals surface area contributed by atoms with Crippen molar-refractivity contribution >= 4 is 5.97 Å². The summed E-state index contributed by atoms with van der Waals surface area (Å²) in [5.41, 5.74) is -0.745. The van der Waals surface area contributed by atoms with Crippen LogP contribution in [0.15, 0.2) is 0 Å². The van der Waals surface area contributed by atoms with Crippen LogP contribution in [0.2, 0.25) is 0 Å². The Labute approximate surface area is 116 Å². The lowest BCUT2D eigenvalue weighted by molar-refractivity contribution is -0.155. The number of hydrogen-bond acceptors (Lipinski definition) is 3. The summed E-state index contributed by atoms with van der Waals surface area (Å²) in [6.07, 6.45) is 5.08. The molecule has 0 spiro atoms. The van der Waals surface area contributed by atoms with Gasteiger partial charge in [-0.05, 0) is 31.6 Å². The smallest absolute Gasteiger partial charge is 0.309 e. The minimum Gasteiger partial charge on any atom is -0.481 e. The third kappa shape index (κ3) is 5.11. The van der Waals surface area contributed by atoms with E-state index in [4.69, 9.17) is 4.74 Å². The number of unbranched alkanes of at least 4 members (excludes halogenated alkanes) is 1. The molecule has 3 unspecified atom stereocenters. The molecule has 0 radical (unpaired) electrons. The fraction of sp³-hybridized carbons (Fsp3) is 0.933. The first kappa shape index (κ1) is 16.4. The number of ether oxygens (including phenoxy) is 1. The van der Waals surface area contributed by atoms with E-state index in [-0.39, 0.29) is 6.61 Å². The molecule has 4 heteroatoms. The van der Waals surface area contributed by atoms with Crippen LogP contribution in [0.25, 0.3) is 0 Å². The third-order valence-electron chi connectivity index (χ3n) is 4.12. The van der Waals surface area contributed by atoms with Gasteiger partial charge in [0.2, 0.25) is 0 Å². The molecular weight excluding hydrogens is 244 g/mol. The fourth-order valence-electron chi connectivity index (χ4n) is 3.10. The summed E-state index contributed by atoms with van der Waals surface area (Å²) in [5.74, 6) is -0.329. The van der Waals surface area contributed by atoms with Gasteiger partial charge >= 0.3 is 5.97 Å². The molecule has 0 aromatic rings. The molecule has 0 bridgehead atoms. The topological polar surface area (TPSA) is 66.8 Å². The standard InChI is InChI=1S/C15H28O4/c1-3-4-8-19-11-13(16)10-15(14(17)18)7-5-6-12(2)9-15/h12-13,16H,3-11H2,1-2H3,(H,17,18). The molecule has 1 aliphatic carbocycles. The van der Waals surface area contributed by atoms with Crippen LogP contribution in [0.5, 0.6) is 0 Å². The second-order valence-electron chi connectivity index (χ2n) is 6.07. The van der Waals surface area contributed by atoms with Gasteiger partial charge in [-0.2, -0.15) is 0 Å². The number of rotatable bonds is 8. The summed E-state index contributed by atoms with van der Waals surface area (Å²) in [4.78, 5) is 11.6. The van der Waals surface area contributed by atoms with Crippen molar-refractivity contribution in [3.8, 4) is 0 Å². The van der Waals surface area contributed by atoms with Crippen LogP contribution in [0.3, 0.4) is 0 Å². The Kier molecular flexibility index (Phi) is 6.80. The van der Waals surface area contributed by atoms with E-state index in [2.05, 4.69) is 13.8 Å². The molecule has 0 saturated heterocycles. The second-order valence-corrected chi connectivity index (χ2v) is 6.07. The average molecular weight is 272 g/mol. The number of carboxylic acid groups (broad SMARTS) is 1. The van der Waals surface area contributed by atoms with Crippen molar-refractivity contribution in [3.05, 3.63) is 0 Å². The molecule has 1 aliphatic rings. The molecule has 112 valence electrons. The Hall–Kier alpha value is -0.610. The van der Waals surface area contributed by atoms with E-state index >= 15 is 0 Å². The first-order valence-electron chi connectivity index (χ1n) is 7.49. The molecule has 0 heterocycles. The zero-order valence-corrected chi connectivity index (χ0v) is 12.2. The zero-order valence-electron chi connectivity index (χ0n) is 12.2. The highest BCUT2D eigenvalue weighted by Gasteiger charge is 2.43. The number of aliphatic carboxylic acids is 1. The predicted octanol–water partition coefficient (Wildman–Crippen LogP) is 2.84. The van der Waals surface area contributed by atoms with E-state index in [1.54, 1.807) is 0 Å². The Morgan fingerprint density at radius 2 is 2.26 bits per heavy atom. The van der Waals surface area contributed by atoms with E-state index in [0.29, 0.717) is 31.8 Å². The lowest BCUT2D eigenvalue weighted by Crippen LogP contribution is -2.40. The maximum atomic E-state index is 11.6. The van der Waals surface area contributed by atoms with Gasteiger partial charge in [0.05, 0.1) is 18.1 Å². The first-order chi connectivity index (χ1) is 9.00. The molecule has 1 rings (SSSR count). The molecule has 1 fully saturated rings. The van der Waals surface area contributed by atoms with E-state index in [9.17, 15) is 15.0 Å². The Morgan fingerprint density at radius 1 is 1.53 bits per heavy atom. The fourth-order valence-corrected chi connectivity index (χ4v) is 3.10. The zero-order chi connectivity index (χ0) is 14.3. The van der Waals surface area contributed by atoms with Crippen LogP contribution in [0.1, 0.15) is 58.8 Å². The van der Waals surface area contributed by atoms with Gasteiger partial charge in [-0.3, -0.25) is 4.79 Å². The van der Waals surface area contributed by atoms with E-state index in [1.807, 2.05) is 0 Å². The van der Waals surface area contributed by atoms with Gasteiger partial charge in [-0.15, -0.1) is 0 Å². The van der Waals surface area contributed by atoms with Crippen LogP contribution in [0, 0.1) is 11.3 Å². The summed E-state index contributed by atoms with van der Waals surface area (Å²) in [6, 6.07) is 0. The summed E-state index contributed by atoms with van der Waals surface area (Å²) in [6.45, 7) is 5.08. The molecule has 0 aromatic carbocycles. The number of hydrogen-bond donors (Lipinski definition) is 2. The predicted molar refractivity (Wildman–Crippen MR) is 74.1 cm³/mol. The summed E-state index contributed by atoms with van der Waals surface area (Å²) in [5, 5.41) is 19.5. The minimum atomic E-state index is -0.758. The molecule has 0 aliphatic heterocycles. The summed E-state index contributed by atoms with van der Waals surface area (Å²) >= 11 is 0. The molecule has 1 saturated carbocycles. The number of carboxylic acids is 1.